The number of pyridine rings is 1. The number of amides is 1. The monoisotopic (exact) mass is 268 g/mol. The molecule has 20 heavy (non-hydrogen) atoms. The topological polar surface area (TPSA) is 51.2 Å². The number of nitrogens with zero attached hydrogens (tertiary/aromatic N) is 1. The highest BCUT2D eigenvalue weighted by molar-refractivity contribution is 6.02. The highest BCUT2D eigenvalue weighted by Crippen LogP contribution is 2.23. The minimum absolute atomic E-state index is 0.200. The van der Waals surface area contributed by atoms with Gasteiger partial charge >= 0.3 is 0 Å². The molecule has 0 saturated carbocycles. The van der Waals surface area contributed by atoms with Crippen molar-refractivity contribution in [2.24, 2.45) is 0 Å². The summed E-state index contributed by atoms with van der Waals surface area (Å²) in [5.41, 5.74) is 1.59. The summed E-state index contributed by atoms with van der Waals surface area (Å²) in [5.74, 6) is 0.467. The molecule has 0 aliphatic carbocycles. The second kappa shape index (κ2) is 7.09. The molecule has 1 amide bonds. The third-order valence-electron chi connectivity index (χ3n) is 2.58. The van der Waals surface area contributed by atoms with Gasteiger partial charge in [0, 0.05) is 18.5 Å². The number of hydrogen-bond donors (Lipinski definition) is 1. The molecule has 0 unspecified atom stereocenters. The quantitative estimate of drug-likeness (QED) is 0.848. The maximum atomic E-state index is 11.9. The Morgan fingerprint density at radius 3 is 2.75 bits per heavy atom. The van der Waals surface area contributed by atoms with Crippen LogP contribution in [0.25, 0.3) is 6.08 Å². The SMILES string of the molecule is CCOc1ccccc1NC(=O)C=Cc1ccncc1. The van der Waals surface area contributed by atoms with E-state index in [0.29, 0.717) is 18.0 Å². The number of carbonyl (C=O) groups excluding carboxylic acids is 1. The summed E-state index contributed by atoms with van der Waals surface area (Å²) in [6, 6.07) is 11.0. The van der Waals surface area contributed by atoms with Crippen LogP contribution in [0.3, 0.4) is 0 Å². The lowest BCUT2D eigenvalue weighted by Gasteiger charge is -2.09. The number of hydrogen-bond acceptors (Lipinski definition) is 3. The van der Waals surface area contributed by atoms with Gasteiger partial charge in [0.1, 0.15) is 5.75 Å². The van der Waals surface area contributed by atoms with Crippen LogP contribution in [0.5, 0.6) is 5.75 Å². The Balaban J connectivity index is 2.03. The van der Waals surface area contributed by atoms with Gasteiger partial charge < -0.3 is 10.1 Å². The van der Waals surface area contributed by atoms with Crippen LogP contribution in [0.4, 0.5) is 5.69 Å². The number of rotatable bonds is 5. The minimum atomic E-state index is -0.200. The third kappa shape index (κ3) is 3.95. The number of aromatic nitrogens is 1. The van der Waals surface area contributed by atoms with Gasteiger partial charge in [-0.1, -0.05) is 12.1 Å². The van der Waals surface area contributed by atoms with Crippen LogP contribution < -0.4 is 10.1 Å². The summed E-state index contributed by atoms with van der Waals surface area (Å²) in [7, 11) is 0. The first-order valence-corrected chi connectivity index (χ1v) is 6.40. The van der Waals surface area contributed by atoms with Gasteiger partial charge in [-0.15, -0.1) is 0 Å². The van der Waals surface area contributed by atoms with E-state index in [-0.39, 0.29) is 5.91 Å². The van der Waals surface area contributed by atoms with Crippen LogP contribution in [0, 0.1) is 0 Å². The van der Waals surface area contributed by atoms with Crippen molar-refractivity contribution in [2.75, 3.05) is 11.9 Å². The average molecular weight is 268 g/mol. The van der Waals surface area contributed by atoms with Crippen molar-refractivity contribution >= 4 is 17.7 Å². The Hall–Kier alpha value is -2.62. The zero-order valence-electron chi connectivity index (χ0n) is 11.2. The van der Waals surface area contributed by atoms with Gasteiger partial charge in [0.15, 0.2) is 0 Å². The standard InChI is InChI=1S/C16H16N2O2/c1-2-20-15-6-4-3-5-14(15)18-16(19)8-7-13-9-11-17-12-10-13/h3-12H,2H2,1H3,(H,18,19). The van der Waals surface area contributed by atoms with Gasteiger partial charge in [-0.25, -0.2) is 0 Å². The maximum Gasteiger partial charge on any atom is 0.248 e. The molecule has 2 rings (SSSR count). The van der Waals surface area contributed by atoms with Crippen LogP contribution in [0.1, 0.15) is 12.5 Å². The molecule has 0 aliphatic heterocycles. The molecule has 0 atom stereocenters. The van der Waals surface area contributed by atoms with E-state index in [4.69, 9.17) is 4.74 Å². The molecule has 1 N–H and O–H groups in total. The van der Waals surface area contributed by atoms with E-state index >= 15 is 0 Å². The molecule has 0 fully saturated rings. The Labute approximate surface area is 118 Å². The molecule has 1 aromatic carbocycles. The first-order chi connectivity index (χ1) is 9.79. The predicted octanol–water partition coefficient (Wildman–Crippen LogP) is 3.13. The Morgan fingerprint density at radius 1 is 1.25 bits per heavy atom. The fourth-order valence-electron chi connectivity index (χ4n) is 1.67. The number of benzene rings is 1. The Bertz CT molecular complexity index is 594. The molecular weight excluding hydrogens is 252 g/mol. The van der Waals surface area contributed by atoms with Gasteiger partial charge in [-0.3, -0.25) is 9.78 Å². The van der Waals surface area contributed by atoms with Gasteiger partial charge in [0.25, 0.3) is 0 Å². The highest BCUT2D eigenvalue weighted by atomic mass is 16.5. The van der Waals surface area contributed by atoms with E-state index in [1.54, 1.807) is 18.5 Å². The van der Waals surface area contributed by atoms with Gasteiger partial charge in [0.05, 0.1) is 12.3 Å². The average Bonchev–Trinajstić information content (AvgIpc) is 2.49. The molecule has 2 aromatic rings. The van der Waals surface area contributed by atoms with E-state index in [9.17, 15) is 4.79 Å². The number of carbonyl (C=O) groups is 1. The third-order valence-corrected chi connectivity index (χ3v) is 2.58. The smallest absolute Gasteiger partial charge is 0.248 e. The molecule has 1 aromatic heterocycles. The summed E-state index contributed by atoms with van der Waals surface area (Å²) in [6.07, 6.45) is 6.59. The first kappa shape index (κ1) is 13.8. The van der Waals surface area contributed by atoms with Crippen LogP contribution in [-0.2, 0) is 4.79 Å². The Kier molecular flexibility index (Phi) is 4.89. The van der Waals surface area contributed by atoms with Crippen molar-refractivity contribution in [1.82, 2.24) is 4.98 Å². The van der Waals surface area contributed by atoms with Crippen molar-refractivity contribution in [2.45, 2.75) is 6.92 Å². The largest absolute Gasteiger partial charge is 0.492 e. The second-order valence-electron chi connectivity index (χ2n) is 4.03. The van der Waals surface area contributed by atoms with Crippen molar-refractivity contribution in [3.63, 3.8) is 0 Å². The first-order valence-electron chi connectivity index (χ1n) is 6.40. The van der Waals surface area contributed by atoms with Gasteiger partial charge in [-0.05, 0) is 42.8 Å². The minimum Gasteiger partial charge on any atom is -0.492 e. The molecule has 0 aliphatic rings. The number of anilines is 1. The maximum absolute atomic E-state index is 11.9. The van der Waals surface area contributed by atoms with Crippen LogP contribution >= 0.6 is 0 Å². The fraction of sp³-hybridized carbons (Fsp3) is 0.125. The summed E-state index contributed by atoms with van der Waals surface area (Å²) < 4.78 is 5.45. The van der Waals surface area contributed by atoms with Crippen molar-refractivity contribution in [1.29, 1.82) is 0 Å². The summed E-state index contributed by atoms with van der Waals surface area (Å²) >= 11 is 0. The van der Waals surface area contributed by atoms with Crippen molar-refractivity contribution in [3.8, 4) is 5.75 Å². The lowest BCUT2D eigenvalue weighted by molar-refractivity contribution is -0.111. The Morgan fingerprint density at radius 2 is 2.00 bits per heavy atom. The fourth-order valence-corrected chi connectivity index (χ4v) is 1.67. The predicted molar refractivity (Wildman–Crippen MR) is 79.5 cm³/mol. The molecule has 0 saturated heterocycles. The van der Waals surface area contributed by atoms with E-state index in [1.807, 2.05) is 43.3 Å². The lowest BCUT2D eigenvalue weighted by atomic mass is 10.2. The molecular formula is C16H16N2O2. The summed E-state index contributed by atoms with van der Waals surface area (Å²) in [5, 5.41) is 2.80. The van der Waals surface area contributed by atoms with E-state index in [2.05, 4.69) is 10.3 Å². The molecule has 0 radical (unpaired) electrons. The zero-order chi connectivity index (χ0) is 14.2. The van der Waals surface area contributed by atoms with E-state index < -0.39 is 0 Å². The molecule has 1 heterocycles. The summed E-state index contributed by atoms with van der Waals surface area (Å²) in [6.45, 7) is 2.46. The van der Waals surface area contributed by atoms with Gasteiger partial charge in [-0.2, -0.15) is 0 Å². The van der Waals surface area contributed by atoms with Crippen molar-refractivity contribution < 1.29 is 9.53 Å². The van der Waals surface area contributed by atoms with Crippen molar-refractivity contribution in [3.05, 3.63) is 60.4 Å². The highest BCUT2D eigenvalue weighted by Gasteiger charge is 2.04. The molecule has 102 valence electrons. The number of ether oxygens (including phenoxy) is 1. The van der Waals surface area contributed by atoms with Crippen LogP contribution in [-0.4, -0.2) is 17.5 Å². The van der Waals surface area contributed by atoms with Crippen LogP contribution in [0.15, 0.2) is 54.9 Å². The molecule has 0 bridgehead atoms. The molecule has 4 heteroatoms. The zero-order valence-corrected chi connectivity index (χ0v) is 11.2. The lowest BCUT2D eigenvalue weighted by Crippen LogP contribution is -2.09. The number of para-hydroxylation sites is 2. The van der Waals surface area contributed by atoms with Gasteiger partial charge in [0.2, 0.25) is 5.91 Å². The van der Waals surface area contributed by atoms with E-state index in [1.165, 1.54) is 6.08 Å². The van der Waals surface area contributed by atoms with Crippen LogP contribution in [0.2, 0.25) is 0 Å². The molecule has 4 nitrogen and oxygen atoms in total. The molecule has 0 spiro atoms. The normalized spacial score (nSPS) is 10.4. The van der Waals surface area contributed by atoms with E-state index in [0.717, 1.165) is 5.56 Å². The summed E-state index contributed by atoms with van der Waals surface area (Å²) in [4.78, 5) is 15.8. The second-order valence-corrected chi connectivity index (χ2v) is 4.03. The number of nitrogens with one attached hydrogen (secondary N) is 1.